The highest BCUT2D eigenvalue weighted by Crippen LogP contribution is 2.62. The maximum Gasteiger partial charge on any atom is 0.269 e. The summed E-state index contributed by atoms with van der Waals surface area (Å²) in [6.45, 7) is 8.19. The quantitative estimate of drug-likeness (QED) is 0.0377. The van der Waals surface area contributed by atoms with E-state index in [0.29, 0.717) is 49.7 Å². The van der Waals surface area contributed by atoms with Gasteiger partial charge >= 0.3 is 0 Å². The summed E-state index contributed by atoms with van der Waals surface area (Å²) in [5.41, 5.74) is 3.44. The number of carbonyl (C=O) groups is 1. The van der Waals surface area contributed by atoms with Crippen molar-refractivity contribution in [1.82, 2.24) is 9.80 Å². The van der Waals surface area contributed by atoms with Crippen molar-refractivity contribution in [2.24, 2.45) is 28.8 Å². The van der Waals surface area contributed by atoms with Crippen LogP contribution >= 0.6 is 0 Å². The van der Waals surface area contributed by atoms with E-state index in [0.717, 1.165) is 87.0 Å². The second-order valence-electron chi connectivity index (χ2n) is 17.4. The number of unbranched alkanes of at least 4 members (excludes halogenated alkanes) is 2. The van der Waals surface area contributed by atoms with Gasteiger partial charge in [-0.15, -0.1) is 6.58 Å². The zero-order valence-electron chi connectivity index (χ0n) is 35.3. The fourth-order valence-electron chi connectivity index (χ4n) is 10.3. The largest absolute Gasteiger partial charge is 0.492 e. The summed E-state index contributed by atoms with van der Waals surface area (Å²) in [7, 11) is 1.87. The van der Waals surface area contributed by atoms with Crippen LogP contribution in [0.25, 0.3) is 0 Å². The highest BCUT2D eigenvalue weighted by molar-refractivity contribution is 6.03. The molecule has 0 bridgehead atoms. The molecule has 2 aliphatic heterocycles. The van der Waals surface area contributed by atoms with Crippen LogP contribution in [0.1, 0.15) is 101 Å². The van der Waals surface area contributed by atoms with E-state index in [1.165, 1.54) is 25.0 Å². The first-order valence-corrected chi connectivity index (χ1v) is 22.3. The van der Waals surface area contributed by atoms with E-state index >= 15 is 0 Å². The summed E-state index contributed by atoms with van der Waals surface area (Å²) in [6, 6.07) is 11.8. The number of rotatable bonds is 23. The van der Waals surface area contributed by atoms with Gasteiger partial charge in [-0.2, -0.15) is 0 Å². The van der Waals surface area contributed by atoms with Gasteiger partial charge in [0, 0.05) is 76.4 Å². The molecule has 1 saturated heterocycles. The fourth-order valence-corrected chi connectivity index (χ4v) is 10.3. The molecule has 6 atom stereocenters. The van der Waals surface area contributed by atoms with Crippen LogP contribution in [0.2, 0.25) is 0 Å². The summed E-state index contributed by atoms with van der Waals surface area (Å²) < 4.78 is 20.7. The Morgan fingerprint density at radius 1 is 1.07 bits per heavy atom. The second-order valence-corrected chi connectivity index (χ2v) is 17.4. The highest BCUT2D eigenvalue weighted by Gasteiger charge is 2.65. The van der Waals surface area contributed by atoms with Gasteiger partial charge in [-0.1, -0.05) is 55.8 Å². The number of likely N-dealkylation sites (N-methyl/N-ethyl adjacent to an activating group) is 1. The number of hydrogen-bond acceptors (Lipinski definition) is 11. The van der Waals surface area contributed by atoms with E-state index < -0.39 is 22.7 Å². The molecule has 0 aromatic heterocycles. The predicted molar refractivity (Wildman–Crippen MR) is 229 cm³/mol. The maximum atomic E-state index is 14.4. The molecule has 60 heavy (non-hydrogen) atoms. The van der Waals surface area contributed by atoms with Crippen LogP contribution < -0.4 is 9.47 Å². The van der Waals surface area contributed by atoms with E-state index in [-0.39, 0.29) is 55.8 Å². The third-order valence-corrected chi connectivity index (χ3v) is 13.5. The Kier molecular flexibility index (Phi) is 15.0. The van der Waals surface area contributed by atoms with Gasteiger partial charge in [0.05, 0.1) is 23.2 Å². The number of amides is 1. The number of hydrogen-bond donors (Lipinski definition) is 2. The summed E-state index contributed by atoms with van der Waals surface area (Å²) in [4.78, 5) is 35.6. The number of fused-ring (bicyclic) bond motifs is 2. The number of nitro benzene ring substituents is 1. The average molecular weight is 829 g/mol. The second kappa shape index (κ2) is 20.5. The molecule has 13 heteroatoms. The standard InChI is InChI=1S/C47H64N4O9/c1-3-27-58-47-43(49(2)44(54)21-16-33-10-4-5-11-33)31-41(48-59-32-34-14-17-36(18-15-34)51(55)56)39-29-35(12-6-8-25-52)38(13-7-9-26-53)45(46(39)47)40-30-37(19-20-42(40)60-47)57-28-24-50-22-23-50/h3,14-15,17-20,29-30,33,35,38,43,45-46,52-53H,1,4-13,16,21-28,31-32H2,2H3. The fraction of sp³-hybridized carbons (Fsp3) is 0.617. The highest BCUT2D eigenvalue weighted by atomic mass is 16.7. The van der Waals surface area contributed by atoms with Crippen molar-refractivity contribution in [3.05, 3.63) is 88.0 Å². The van der Waals surface area contributed by atoms with Crippen molar-refractivity contribution < 1.29 is 39.0 Å². The van der Waals surface area contributed by atoms with E-state index in [2.05, 4.69) is 23.6 Å². The van der Waals surface area contributed by atoms with Gasteiger partial charge < -0.3 is 34.2 Å². The first kappa shape index (κ1) is 43.8. The number of aliphatic hydroxyl groups excluding tert-OH is 2. The molecule has 2 aromatic carbocycles. The van der Waals surface area contributed by atoms with Crippen molar-refractivity contribution in [3.63, 3.8) is 0 Å². The zero-order chi connectivity index (χ0) is 42.1. The van der Waals surface area contributed by atoms with Gasteiger partial charge in [0.2, 0.25) is 11.7 Å². The number of allylic oxidation sites excluding steroid dienone is 1. The average Bonchev–Trinajstić information content (AvgIpc) is 3.93. The Bertz CT molecular complexity index is 1840. The molecule has 1 amide bonds. The van der Waals surface area contributed by atoms with Gasteiger partial charge in [0.25, 0.3) is 5.69 Å². The van der Waals surface area contributed by atoms with Crippen LogP contribution in [0.4, 0.5) is 5.69 Å². The van der Waals surface area contributed by atoms with Gasteiger partial charge in [-0.3, -0.25) is 19.8 Å². The molecule has 2 N–H and O–H groups in total. The summed E-state index contributed by atoms with van der Waals surface area (Å²) >= 11 is 0. The molecule has 2 aromatic rings. The molecule has 2 saturated carbocycles. The Morgan fingerprint density at radius 3 is 2.52 bits per heavy atom. The molecule has 3 fully saturated rings. The van der Waals surface area contributed by atoms with Crippen LogP contribution in [0.15, 0.2) is 71.9 Å². The lowest BCUT2D eigenvalue weighted by Gasteiger charge is -2.59. The molecule has 3 aliphatic carbocycles. The molecular formula is C47H64N4O9. The van der Waals surface area contributed by atoms with Crippen molar-refractivity contribution in [1.29, 1.82) is 0 Å². The maximum absolute atomic E-state index is 14.4. The minimum atomic E-state index is -1.31. The first-order valence-electron chi connectivity index (χ1n) is 22.3. The molecule has 6 unspecified atom stereocenters. The SMILES string of the molecule is C=CCOC12Oc3ccc(OCCN4CC4)cc3C3C(CCCCO)C(CCCCO)C=C(C(=NOCc4ccc([N+](=O)[O-])cc4)CC1N(C)C(=O)CCC1CCCC1)C32. The van der Waals surface area contributed by atoms with Gasteiger partial charge in [-0.25, -0.2) is 0 Å². The van der Waals surface area contributed by atoms with Crippen LogP contribution in [-0.2, 0) is 21.0 Å². The number of benzene rings is 2. The number of nitro groups is 1. The van der Waals surface area contributed by atoms with Gasteiger partial charge in [-0.05, 0) is 91.3 Å². The molecule has 7 rings (SSSR count). The minimum absolute atomic E-state index is 0.00250. The lowest BCUT2D eigenvalue weighted by Crippen LogP contribution is -2.69. The molecular weight excluding hydrogens is 765 g/mol. The minimum Gasteiger partial charge on any atom is -0.492 e. The van der Waals surface area contributed by atoms with E-state index in [1.807, 2.05) is 24.1 Å². The van der Waals surface area contributed by atoms with Crippen molar-refractivity contribution >= 4 is 17.3 Å². The Balaban J connectivity index is 1.34. The predicted octanol–water partition coefficient (Wildman–Crippen LogP) is 7.55. The van der Waals surface area contributed by atoms with Crippen LogP contribution in [-0.4, -0.2) is 101 Å². The summed E-state index contributed by atoms with van der Waals surface area (Å²) in [5, 5.41) is 36.0. The number of nitrogens with zero attached hydrogens (tertiary/aromatic N) is 4. The Hall–Kier alpha value is -4.30. The van der Waals surface area contributed by atoms with Crippen LogP contribution in [0.3, 0.4) is 0 Å². The van der Waals surface area contributed by atoms with Gasteiger partial charge in [0.1, 0.15) is 30.8 Å². The molecule has 2 heterocycles. The van der Waals surface area contributed by atoms with Crippen LogP contribution in [0, 0.1) is 33.8 Å². The van der Waals surface area contributed by atoms with E-state index in [4.69, 9.17) is 24.2 Å². The van der Waals surface area contributed by atoms with Crippen molar-refractivity contribution in [2.45, 2.75) is 108 Å². The Morgan fingerprint density at radius 2 is 1.82 bits per heavy atom. The molecule has 0 spiro atoms. The monoisotopic (exact) mass is 828 g/mol. The summed E-state index contributed by atoms with van der Waals surface area (Å²) in [5.74, 6) is 0.415. The molecule has 13 nitrogen and oxygen atoms in total. The number of aliphatic hydroxyl groups is 2. The molecule has 326 valence electrons. The smallest absolute Gasteiger partial charge is 0.269 e. The number of non-ortho nitro benzene ring substituents is 1. The molecule has 0 radical (unpaired) electrons. The normalized spacial score (nSPS) is 26.4. The third-order valence-electron chi connectivity index (χ3n) is 13.5. The van der Waals surface area contributed by atoms with Gasteiger partial charge in [0.15, 0.2) is 0 Å². The first-order chi connectivity index (χ1) is 29.3. The lowest BCUT2D eigenvalue weighted by molar-refractivity contribution is -0.384. The van der Waals surface area contributed by atoms with Crippen molar-refractivity contribution in [2.75, 3.05) is 53.1 Å². The lowest BCUT2D eigenvalue weighted by atomic mass is 9.55. The number of oxime groups is 1. The third kappa shape index (κ3) is 10.1. The topological polar surface area (TPSA) is 156 Å². The van der Waals surface area contributed by atoms with Crippen molar-refractivity contribution in [3.8, 4) is 11.5 Å². The van der Waals surface area contributed by atoms with E-state index in [9.17, 15) is 25.1 Å². The number of ether oxygens (including phenoxy) is 3. The Labute approximate surface area is 354 Å². The summed E-state index contributed by atoms with van der Waals surface area (Å²) in [6.07, 6.45) is 15.1. The van der Waals surface area contributed by atoms with E-state index in [1.54, 1.807) is 18.2 Å². The zero-order valence-corrected chi connectivity index (χ0v) is 35.3. The number of carbonyl (C=O) groups excluding carboxylic acids is 1. The van der Waals surface area contributed by atoms with Crippen LogP contribution in [0.5, 0.6) is 11.5 Å². The molecule has 5 aliphatic rings.